The summed E-state index contributed by atoms with van der Waals surface area (Å²) in [6.45, 7) is 9.67. The molecule has 0 amide bonds. The van der Waals surface area contributed by atoms with Crippen molar-refractivity contribution in [2.45, 2.75) is 32.9 Å². The normalized spacial score (nSPS) is 15.4. The van der Waals surface area contributed by atoms with Crippen LogP contribution in [0.25, 0.3) is 5.69 Å². The average Bonchev–Trinajstić information content (AvgIpc) is 3.12. The van der Waals surface area contributed by atoms with Gasteiger partial charge in [-0.05, 0) is 24.4 Å². The van der Waals surface area contributed by atoms with Crippen molar-refractivity contribution in [2.24, 2.45) is 0 Å². The monoisotopic (exact) mass is 460 g/mol. The number of anilines is 1. The zero-order valence-corrected chi connectivity index (χ0v) is 19.4. The molecule has 0 N–H and O–H groups in total. The lowest BCUT2D eigenvalue weighted by atomic mass is 9.97. The second kappa shape index (κ2) is 8.57. The smallest absolute Gasteiger partial charge is 0.292 e. The fourth-order valence-electron chi connectivity index (χ4n) is 3.42. The highest BCUT2D eigenvalue weighted by Gasteiger charge is 2.24. The van der Waals surface area contributed by atoms with Crippen LogP contribution < -0.4 is 10.5 Å². The van der Waals surface area contributed by atoms with Gasteiger partial charge in [0.25, 0.3) is 10.4 Å². The molecule has 0 atom stereocenters. The second-order valence-electron chi connectivity index (χ2n) is 8.57. The zero-order valence-electron chi connectivity index (χ0n) is 17.8. The molecule has 10 heteroatoms. The topological polar surface area (TPSA) is 72.3 Å². The Morgan fingerprint density at radius 3 is 2.42 bits per heavy atom. The van der Waals surface area contributed by atoms with E-state index in [1.54, 1.807) is 10.9 Å². The van der Waals surface area contributed by atoms with E-state index in [-0.39, 0.29) is 16.0 Å². The van der Waals surface area contributed by atoms with Crippen molar-refractivity contribution in [3.8, 4) is 5.69 Å². The highest BCUT2D eigenvalue weighted by Crippen LogP contribution is 2.24. The number of nitrogens with zero attached hydrogens (tertiary/aromatic N) is 6. The van der Waals surface area contributed by atoms with Crippen molar-refractivity contribution in [3.05, 3.63) is 62.6 Å². The molecule has 1 aliphatic rings. The first-order chi connectivity index (χ1) is 14.7. The molecule has 4 rings (SSSR count). The van der Waals surface area contributed by atoms with E-state index in [0.717, 1.165) is 13.1 Å². The van der Waals surface area contributed by atoms with Gasteiger partial charge < -0.3 is 9.32 Å². The largest absolute Gasteiger partial charge is 0.413 e. The minimum Gasteiger partial charge on any atom is -0.413 e. The van der Waals surface area contributed by atoms with Crippen LogP contribution in [0.4, 0.5) is 5.69 Å². The molecule has 0 unspecified atom stereocenters. The average molecular weight is 461 g/mol. The Hall–Kier alpha value is -2.49. The maximum atomic E-state index is 12.8. The maximum Gasteiger partial charge on any atom is 0.292 e. The van der Waals surface area contributed by atoms with Gasteiger partial charge in [-0.1, -0.05) is 50.6 Å². The van der Waals surface area contributed by atoms with E-state index in [2.05, 4.69) is 20.0 Å². The Labute approximate surface area is 190 Å². The molecule has 8 nitrogen and oxygen atoms in total. The number of piperazine rings is 1. The first kappa shape index (κ1) is 21.7. The van der Waals surface area contributed by atoms with Gasteiger partial charge in [0.15, 0.2) is 0 Å². The van der Waals surface area contributed by atoms with E-state index >= 15 is 0 Å². The third kappa shape index (κ3) is 4.58. The van der Waals surface area contributed by atoms with E-state index < -0.39 is 0 Å². The highest BCUT2D eigenvalue weighted by molar-refractivity contribution is 7.71. The fraction of sp³-hybridized carbons (Fsp3) is 0.429. The predicted molar refractivity (Wildman–Crippen MR) is 123 cm³/mol. The summed E-state index contributed by atoms with van der Waals surface area (Å²) in [5, 5.41) is 9.05. The van der Waals surface area contributed by atoms with Crippen LogP contribution in [0.3, 0.4) is 0 Å². The fourth-order valence-corrected chi connectivity index (χ4v) is 3.84. The minimum atomic E-state index is -0.323. The van der Waals surface area contributed by atoms with E-state index in [1.165, 1.54) is 4.68 Å². The van der Waals surface area contributed by atoms with Gasteiger partial charge in [0.2, 0.25) is 5.89 Å². The van der Waals surface area contributed by atoms with Gasteiger partial charge in [-0.15, -0.1) is 5.10 Å². The molecule has 2 aromatic heterocycles. The summed E-state index contributed by atoms with van der Waals surface area (Å²) in [6.07, 6.45) is 1.66. The van der Waals surface area contributed by atoms with E-state index in [4.69, 9.17) is 28.2 Å². The van der Waals surface area contributed by atoms with Gasteiger partial charge in [-0.25, -0.2) is 4.68 Å². The standard InChI is InChI=1S/C21H25ClN6O2S/c1-21(2,3)19-24-27(20(31)30-19)14-25-9-11-26(12-10-25)16-13-23-28(18(29)17(16)22)15-7-5-4-6-8-15/h4-8,13H,9-12,14H2,1-3H3. The summed E-state index contributed by atoms with van der Waals surface area (Å²) in [6, 6.07) is 9.25. The third-order valence-corrected chi connectivity index (χ3v) is 5.85. The number of halogens is 1. The van der Waals surface area contributed by atoms with Crippen LogP contribution in [0.15, 0.2) is 45.7 Å². The molecule has 3 aromatic rings. The van der Waals surface area contributed by atoms with Crippen LogP contribution >= 0.6 is 23.8 Å². The second-order valence-corrected chi connectivity index (χ2v) is 9.29. The van der Waals surface area contributed by atoms with Crippen molar-refractivity contribution >= 4 is 29.5 Å². The highest BCUT2D eigenvalue weighted by atomic mass is 35.5. The Kier molecular flexibility index (Phi) is 6.00. The molecule has 31 heavy (non-hydrogen) atoms. The molecule has 0 aliphatic carbocycles. The molecule has 1 aliphatic heterocycles. The van der Waals surface area contributed by atoms with Crippen molar-refractivity contribution in [3.63, 3.8) is 0 Å². The van der Waals surface area contributed by atoms with Crippen LogP contribution in [0.5, 0.6) is 0 Å². The Bertz CT molecular complexity index is 1170. The summed E-state index contributed by atoms with van der Waals surface area (Å²) >= 11 is 11.8. The van der Waals surface area contributed by atoms with Crippen molar-refractivity contribution in [2.75, 3.05) is 31.1 Å². The van der Waals surface area contributed by atoms with E-state index in [0.29, 0.717) is 41.9 Å². The maximum absolute atomic E-state index is 12.8. The number of aromatic nitrogens is 4. The lowest BCUT2D eigenvalue weighted by Crippen LogP contribution is -2.47. The first-order valence-corrected chi connectivity index (χ1v) is 10.9. The summed E-state index contributed by atoms with van der Waals surface area (Å²) in [4.78, 5) is 17.5. The molecule has 0 bridgehead atoms. The molecule has 1 fully saturated rings. The van der Waals surface area contributed by atoms with Gasteiger partial charge in [-0.3, -0.25) is 9.69 Å². The number of rotatable bonds is 4. The molecule has 1 saturated heterocycles. The lowest BCUT2D eigenvalue weighted by Gasteiger charge is -2.35. The number of hydrogen-bond donors (Lipinski definition) is 0. The van der Waals surface area contributed by atoms with E-state index in [9.17, 15) is 4.79 Å². The molecule has 1 aromatic carbocycles. The first-order valence-electron chi connectivity index (χ1n) is 10.1. The predicted octanol–water partition coefficient (Wildman–Crippen LogP) is 3.48. The quantitative estimate of drug-likeness (QED) is 0.552. The molecule has 0 saturated carbocycles. The minimum absolute atomic E-state index is 0.181. The summed E-state index contributed by atoms with van der Waals surface area (Å²) < 4.78 is 8.70. The van der Waals surface area contributed by atoms with Crippen LogP contribution in [0.1, 0.15) is 26.7 Å². The van der Waals surface area contributed by atoms with Gasteiger partial charge in [0, 0.05) is 31.6 Å². The number of hydrogen-bond acceptors (Lipinski definition) is 7. The SMILES string of the molecule is CC(C)(C)c1nn(CN2CCN(c3cnn(-c4ccccc4)c(=O)c3Cl)CC2)c(=S)o1. The van der Waals surface area contributed by atoms with Gasteiger partial charge in [0.05, 0.1) is 24.2 Å². The van der Waals surface area contributed by atoms with Gasteiger partial charge >= 0.3 is 0 Å². The molecular weight excluding hydrogens is 436 g/mol. The Balaban J connectivity index is 1.45. The van der Waals surface area contributed by atoms with Crippen LogP contribution in [0, 0.1) is 4.84 Å². The van der Waals surface area contributed by atoms with Crippen LogP contribution in [-0.2, 0) is 12.1 Å². The summed E-state index contributed by atoms with van der Waals surface area (Å²) in [7, 11) is 0. The van der Waals surface area contributed by atoms with Gasteiger partial charge in [0.1, 0.15) is 5.02 Å². The number of para-hydroxylation sites is 1. The zero-order chi connectivity index (χ0) is 22.2. The van der Waals surface area contributed by atoms with E-state index in [1.807, 2.05) is 51.1 Å². The van der Waals surface area contributed by atoms with Crippen LogP contribution in [-0.4, -0.2) is 50.6 Å². The van der Waals surface area contributed by atoms with Crippen molar-refractivity contribution in [1.82, 2.24) is 24.5 Å². The molecular formula is C21H25ClN6O2S. The number of benzene rings is 1. The lowest BCUT2D eigenvalue weighted by molar-refractivity contribution is 0.192. The summed E-state index contributed by atoms with van der Waals surface area (Å²) in [5.41, 5.74) is 0.828. The molecule has 164 valence electrons. The van der Waals surface area contributed by atoms with Crippen molar-refractivity contribution in [1.29, 1.82) is 0 Å². The van der Waals surface area contributed by atoms with Crippen molar-refractivity contribution < 1.29 is 4.42 Å². The molecule has 3 heterocycles. The molecule has 0 radical (unpaired) electrons. The Morgan fingerprint density at radius 2 is 1.81 bits per heavy atom. The Morgan fingerprint density at radius 1 is 1.13 bits per heavy atom. The molecule has 0 spiro atoms. The third-order valence-electron chi connectivity index (χ3n) is 5.20. The summed E-state index contributed by atoms with van der Waals surface area (Å²) in [5.74, 6) is 0.632. The van der Waals surface area contributed by atoms with Gasteiger partial charge in [-0.2, -0.15) is 9.78 Å². The van der Waals surface area contributed by atoms with Crippen LogP contribution in [0.2, 0.25) is 5.02 Å².